The van der Waals surface area contributed by atoms with Crippen LogP contribution in [-0.2, 0) is 4.74 Å². The van der Waals surface area contributed by atoms with Crippen molar-refractivity contribution in [2.75, 3.05) is 13.2 Å². The lowest BCUT2D eigenvalue weighted by molar-refractivity contribution is -0.208. The average molecular weight is 172 g/mol. The predicted octanol–water partition coefficient (Wildman–Crippen LogP) is 1.96. The molecule has 0 spiro atoms. The van der Waals surface area contributed by atoms with E-state index in [-0.39, 0.29) is 12.0 Å². The number of rotatable bonds is 5. The molecule has 2 heteroatoms. The van der Waals surface area contributed by atoms with Gasteiger partial charge in [0.05, 0.1) is 19.3 Å². The van der Waals surface area contributed by atoms with Gasteiger partial charge < -0.3 is 9.84 Å². The lowest BCUT2D eigenvalue weighted by Crippen LogP contribution is -2.53. The van der Waals surface area contributed by atoms with E-state index in [2.05, 4.69) is 13.8 Å². The van der Waals surface area contributed by atoms with Crippen molar-refractivity contribution in [3.63, 3.8) is 0 Å². The standard InChI is InChI=1S/C10H20O2/c1-3-5-6-9-10(4-2,7-11)8-12-9/h9,11H,3-8H2,1-2H3. The molecule has 0 amide bonds. The van der Waals surface area contributed by atoms with Gasteiger partial charge in [0.15, 0.2) is 0 Å². The Morgan fingerprint density at radius 1 is 1.50 bits per heavy atom. The Labute approximate surface area is 74.9 Å². The van der Waals surface area contributed by atoms with Gasteiger partial charge in [0.1, 0.15) is 0 Å². The van der Waals surface area contributed by atoms with E-state index >= 15 is 0 Å². The molecule has 0 bridgehead atoms. The summed E-state index contributed by atoms with van der Waals surface area (Å²) in [7, 11) is 0. The lowest BCUT2D eigenvalue weighted by atomic mass is 9.75. The zero-order valence-electron chi connectivity index (χ0n) is 8.18. The van der Waals surface area contributed by atoms with E-state index in [4.69, 9.17) is 4.74 Å². The van der Waals surface area contributed by atoms with Crippen molar-refractivity contribution < 1.29 is 9.84 Å². The molecular formula is C10H20O2. The Bertz CT molecular complexity index is 124. The smallest absolute Gasteiger partial charge is 0.0675 e. The molecule has 1 fully saturated rings. The highest BCUT2D eigenvalue weighted by Gasteiger charge is 2.45. The Balaban J connectivity index is 2.34. The molecule has 1 saturated heterocycles. The summed E-state index contributed by atoms with van der Waals surface area (Å²) in [5.41, 5.74) is 0.106. The zero-order valence-corrected chi connectivity index (χ0v) is 8.18. The molecular weight excluding hydrogens is 152 g/mol. The van der Waals surface area contributed by atoms with E-state index in [0.717, 1.165) is 19.4 Å². The van der Waals surface area contributed by atoms with Crippen LogP contribution in [0, 0.1) is 5.41 Å². The van der Waals surface area contributed by atoms with Gasteiger partial charge in [-0.1, -0.05) is 26.7 Å². The van der Waals surface area contributed by atoms with E-state index < -0.39 is 0 Å². The molecule has 2 atom stereocenters. The molecule has 1 aliphatic rings. The van der Waals surface area contributed by atoms with Crippen LogP contribution in [-0.4, -0.2) is 24.4 Å². The Hall–Kier alpha value is -0.0800. The normalized spacial score (nSPS) is 34.8. The summed E-state index contributed by atoms with van der Waals surface area (Å²) < 4.78 is 5.47. The van der Waals surface area contributed by atoms with Crippen molar-refractivity contribution in [2.45, 2.75) is 45.6 Å². The van der Waals surface area contributed by atoms with Crippen LogP contribution in [0.25, 0.3) is 0 Å². The summed E-state index contributed by atoms with van der Waals surface area (Å²) in [4.78, 5) is 0. The monoisotopic (exact) mass is 172 g/mol. The molecule has 2 unspecified atom stereocenters. The number of unbranched alkanes of at least 4 members (excludes halogenated alkanes) is 1. The first kappa shape index (κ1) is 10.0. The van der Waals surface area contributed by atoms with Crippen LogP contribution in [0.5, 0.6) is 0 Å². The van der Waals surface area contributed by atoms with Gasteiger partial charge in [0.2, 0.25) is 0 Å². The van der Waals surface area contributed by atoms with E-state index in [1.807, 2.05) is 0 Å². The molecule has 12 heavy (non-hydrogen) atoms. The third-order valence-corrected chi connectivity index (χ3v) is 3.09. The van der Waals surface area contributed by atoms with Gasteiger partial charge >= 0.3 is 0 Å². The molecule has 2 nitrogen and oxygen atoms in total. The van der Waals surface area contributed by atoms with Crippen LogP contribution in [0.1, 0.15) is 39.5 Å². The highest BCUT2D eigenvalue weighted by atomic mass is 16.5. The number of hydrogen-bond donors (Lipinski definition) is 1. The van der Waals surface area contributed by atoms with Gasteiger partial charge in [-0.2, -0.15) is 0 Å². The van der Waals surface area contributed by atoms with Crippen molar-refractivity contribution in [3.8, 4) is 0 Å². The average Bonchev–Trinajstić information content (AvgIpc) is 2.06. The fourth-order valence-electron chi connectivity index (χ4n) is 1.80. The van der Waals surface area contributed by atoms with E-state index in [9.17, 15) is 5.11 Å². The molecule has 0 radical (unpaired) electrons. The highest BCUT2D eigenvalue weighted by molar-refractivity contribution is 4.93. The molecule has 1 rings (SSSR count). The lowest BCUT2D eigenvalue weighted by Gasteiger charge is -2.48. The van der Waals surface area contributed by atoms with Crippen molar-refractivity contribution in [3.05, 3.63) is 0 Å². The number of hydrogen-bond acceptors (Lipinski definition) is 2. The summed E-state index contributed by atoms with van der Waals surface area (Å²) in [6.07, 6.45) is 4.91. The van der Waals surface area contributed by atoms with Crippen LogP contribution < -0.4 is 0 Å². The van der Waals surface area contributed by atoms with Crippen LogP contribution in [0.2, 0.25) is 0 Å². The molecule has 0 aromatic heterocycles. The maximum atomic E-state index is 9.23. The summed E-state index contributed by atoms with van der Waals surface area (Å²) in [5, 5.41) is 9.23. The zero-order chi connectivity index (χ0) is 9.03. The topological polar surface area (TPSA) is 29.5 Å². The van der Waals surface area contributed by atoms with E-state index in [1.165, 1.54) is 12.8 Å². The minimum absolute atomic E-state index is 0.106. The van der Waals surface area contributed by atoms with Crippen molar-refractivity contribution in [2.24, 2.45) is 5.41 Å². The minimum Gasteiger partial charge on any atom is -0.396 e. The van der Waals surface area contributed by atoms with Gasteiger partial charge in [-0.25, -0.2) is 0 Å². The quantitative estimate of drug-likeness (QED) is 0.687. The SMILES string of the molecule is CCCCC1OCC1(CC)CO. The molecule has 72 valence electrons. The molecule has 0 aliphatic carbocycles. The van der Waals surface area contributed by atoms with Crippen LogP contribution >= 0.6 is 0 Å². The predicted molar refractivity (Wildman–Crippen MR) is 49.1 cm³/mol. The first-order chi connectivity index (χ1) is 5.79. The van der Waals surface area contributed by atoms with Gasteiger partial charge in [0, 0.05) is 5.41 Å². The van der Waals surface area contributed by atoms with Crippen LogP contribution in [0.3, 0.4) is 0 Å². The van der Waals surface area contributed by atoms with Gasteiger partial charge in [-0.15, -0.1) is 0 Å². The second-order valence-corrected chi connectivity index (χ2v) is 3.82. The minimum atomic E-state index is 0.106. The fraction of sp³-hybridized carbons (Fsp3) is 1.00. The molecule has 0 aromatic carbocycles. The second kappa shape index (κ2) is 4.24. The number of aliphatic hydroxyl groups excluding tert-OH is 1. The van der Waals surface area contributed by atoms with E-state index in [1.54, 1.807) is 0 Å². The molecule has 1 heterocycles. The summed E-state index contributed by atoms with van der Waals surface area (Å²) in [6.45, 7) is 5.37. The highest BCUT2D eigenvalue weighted by Crippen LogP contribution is 2.40. The molecule has 0 saturated carbocycles. The summed E-state index contributed by atoms with van der Waals surface area (Å²) in [6, 6.07) is 0. The van der Waals surface area contributed by atoms with Crippen molar-refractivity contribution in [1.82, 2.24) is 0 Å². The van der Waals surface area contributed by atoms with Crippen LogP contribution in [0.4, 0.5) is 0 Å². The summed E-state index contributed by atoms with van der Waals surface area (Å²) in [5.74, 6) is 0. The number of ether oxygens (including phenoxy) is 1. The van der Waals surface area contributed by atoms with E-state index in [0.29, 0.717) is 6.10 Å². The second-order valence-electron chi connectivity index (χ2n) is 3.82. The van der Waals surface area contributed by atoms with Crippen molar-refractivity contribution in [1.29, 1.82) is 0 Å². The maximum Gasteiger partial charge on any atom is 0.0675 e. The Morgan fingerprint density at radius 2 is 2.25 bits per heavy atom. The summed E-state index contributed by atoms with van der Waals surface area (Å²) >= 11 is 0. The van der Waals surface area contributed by atoms with Gasteiger partial charge in [-0.05, 0) is 12.8 Å². The molecule has 0 aromatic rings. The molecule has 1 N–H and O–H groups in total. The third kappa shape index (κ3) is 1.64. The Morgan fingerprint density at radius 3 is 2.58 bits per heavy atom. The van der Waals surface area contributed by atoms with Gasteiger partial charge in [-0.3, -0.25) is 0 Å². The maximum absolute atomic E-state index is 9.23. The fourth-order valence-corrected chi connectivity index (χ4v) is 1.80. The Kier molecular flexibility index (Phi) is 3.53. The largest absolute Gasteiger partial charge is 0.396 e. The van der Waals surface area contributed by atoms with Gasteiger partial charge in [0.25, 0.3) is 0 Å². The first-order valence-corrected chi connectivity index (χ1v) is 5.01. The third-order valence-electron chi connectivity index (χ3n) is 3.09. The first-order valence-electron chi connectivity index (χ1n) is 5.01. The van der Waals surface area contributed by atoms with Crippen LogP contribution in [0.15, 0.2) is 0 Å². The number of aliphatic hydroxyl groups is 1. The van der Waals surface area contributed by atoms with Crippen molar-refractivity contribution >= 4 is 0 Å². The molecule has 1 aliphatic heterocycles.